The van der Waals surface area contributed by atoms with Gasteiger partial charge >= 0.3 is 0 Å². The minimum absolute atomic E-state index is 0.292. The molecule has 9 aromatic rings. The van der Waals surface area contributed by atoms with Crippen LogP contribution < -0.4 is 5.32 Å². The topological polar surface area (TPSA) is 54.8 Å². The molecule has 3 heterocycles. The summed E-state index contributed by atoms with van der Waals surface area (Å²) >= 11 is 0. The maximum Gasteiger partial charge on any atom is 0.163 e. The molecule has 0 fully saturated rings. The van der Waals surface area contributed by atoms with Crippen molar-refractivity contribution in [3.05, 3.63) is 187 Å². The average molecular weight is 643 g/mol. The Labute approximate surface area is 288 Å². The van der Waals surface area contributed by atoms with Crippen molar-refractivity contribution in [2.75, 3.05) is 0 Å². The second-order valence-electron chi connectivity index (χ2n) is 12.6. The zero-order chi connectivity index (χ0) is 33.0. The highest BCUT2D eigenvalue weighted by atomic mass is 16.3. The highest BCUT2D eigenvalue weighted by Gasteiger charge is 2.24. The van der Waals surface area contributed by atoms with E-state index in [4.69, 9.17) is 14.4 Å². The first-order valence-corrected chi connectivity index (χ1v) is 16.9. The molecule has 1 aliphatic rings. The first-order chi connectivity index (χ1) is 24.8. The van der Waals surface area contributed by atoms with Gasteiger partial charge in [-0.2, -0.15) is 0 Å². The molecule has 0 aliphatic carbocycles. The Morgan fingerprint density at radius 1 is 0.540 bits per heavy atom. The third kappa shape index (κ3) is 4.55. The molecule has 0 saturated carbocycles. The standard InChI is InChI=1S/C45H30N4O/c1-4-14-29(15-5-1)33-21-12-22-36-34-20-10-11-25-39(34)49(41(33)36)32-26-27-35-37-23-13-24-38(42(37)50-40(35)28-32)45-47-43(30-16-6-2-7-17-30)46-44(48-45)31-18-8-3-9-19-31/h1-28,43H,(H,46,47,48). The van der Waals surface area contributed by atoms with Crippen LogP contribution in [0.4, 0.5) is 0 Å². The van der Waals surface area contributed by atoms with Crippen LogP contribution in [0.1, 0.15) is 22.9 Å². The van der Waals surface area contributed by atoms with Crippen LogP contribution in [-0.4, -0.2) is 16.2 Å². The number of para-hydroxylation sites is 3. The van der Waals surface area contributed by atoms with E-state index >= 15 is 0 Å². The Hall–Kier alpha value is -6.72. The van der Waals surface area contributed by atoms with Gasteiger partial charge in [-0.1, -0.05) is 140 Å². The lowest BCUT2D eigenvalue weighted by molar-refractivity contribution is 0.663. The number of nitrogens with one attached hydrogen (secondary N) is 1. The van der Waals surface area contributed by atoms with E-state index in [1.165, 1.54) is 27.4 Å². The summed E-state index contributed by atoms with van der Waals surface area (Å²) in [6.07, 6.45) is -0.292. The van der Waals surface area contributed by atoms with Gasteiger partial charge in [0.15, 0.2) is 5.84 Å². The molecular formula is C45H30N4O. The van der Waals surface area contributed by atoms with Crippen molar-refractivity contribution in [2.45, 2.75) is 6.17 Å². The van der Waals surface area contributed by atoms with E-state index in [1.807, 2.05) is 36.4 Å². The zero-order valence-electron chi connectivity index (χ0n) is 27.0. The molecule has 1 unspecified atom stereocenters. The van der Waals surface area contributed by atoms with Crippen molar-refractivity contribution in [3.8, 4) is 16.8 Å². The Morgan fingerprint density at radius 2 is 1.20 bits per heavy atom. The lowest BCUT2D eigenvalue weighted by Gasteiger charge is -2.23. The summed E-state index contributed by atoms with van der Waals surface area (Å²) < 4.78 is 9.19. The zero-order valence-corrected chi connectivity index (χ0v) is 27.0. The molecule has 5 nitrogen and oxygen atoms in total. The summed E-state index contributed by atoms with van der Waals surface area (Å²) in [4.78, 5) is 10.2. The largest absolute Gasteiger partial charge is 0.455 e. The van der Waals surface area contributed by atoms with Crippen LogP contribution in [0.3, 0.4) is 0 Å². The predicted molar refractivity (Wildman–Crippen MR) is 205 cm³/mol. The number of hydrogen-bond acceptors (Lipinski definition) is 4. The molecule has 50 heavy (non-hydrogen) atoms. The smallest absolute Gasteiger partial charge is 0.163 e. The molecule has 7 aromatic carbocycles. The van der Waals surface area contributed by atoms with E-state index in [1.54, 1.807) is 0 Å². The summed E-state index contributed by atoms with van der Waals surface area (Å²) in [7, 11) is 0. The summed E-state index contributed by atoms with van der Waals surface area (Å²) in [5, 5.41) is 8.08. The van der Waals surface area contributed by atoms with Crippen molar-refractivity contribution in [1.82, 2.24) is 9.88 Å². The SMILES string of the molecule is c1ccc(C2=NC(c3cccc4c3oc3cc(-n5c6ccccc6c6cccc(-c7ccccc7)c65)ccc34)=NC(c3ccccc3)N2)cc1. The number of aliphatic imine (C=N–C) groups is 2. The average Bonchev–Trinajstić information content (AvgIpc) is 3.74. The lowest BCUT2D eigenvalue weighted by atomic mass is 10.0. The maximum atomic E-state index is 6.81. The van der Waals surface area contributed by atoms with Crippen molar-refractivity contribution >= 4 is 55.4 Å². The number of nitrogens with zero attached hydrogens (tertiary/aromatic N) is 3. The van der Waals surface area contributed by atoms with Crippen molar-refractivity contribution < 1.29 is 4.42 Å². The summed E-state index contributed by atoms with van der Waals surface area (Å²) in [6, 6.07) is 59.1. The number of hydrogen-bond donors (Lipinski definition) is 1. The van der Waals surface area contributed by atoms with E-state index in [0.717, 1.165) is 55.7 Å². The highest BCUT2D eigenvalue weighted by Crippen LogP contribution is 2.40. The van der Waals surface area contributed by atoms with Gasteiger partial charge in [0.1, 0.15) is 23.2 Å². The van der Waals surface area contributed by atoms with Crippen LogP contribution in [0, 0.1) is 0 Å². The van der Waals surface area contributed by atoms with Crippen LogP contribution in [0.15, 0.2) is 184 Å². The van der Waals surface area contributed by atoms with Gasteiger partial charge < -0.3 is 14.3 Å². The Balaban J connectivity index is 1.17. The lowest BCUT2D eigenvalue weighted by Crippen LogP contribution is -2.33. The molecule has 0 saturated heterocycles. The summed E-state index contributed by atoms with van der Waals surface area (Å²) in [6.45, 7) is 0. The number of benzene rings is 7. The van der Waals surface area contributed by atoms with Crippen molar-refractivity contribution in [3.63, 3.8) is 0 Å². The van der Waals surface area contributed by atoms with Crippen molar-refractivity contribution in [2.24, 2.45) is 9.98 Å². The molecule has 0 bridgehead atoms. The van der Waals surface area contributed by atoms with Gasteiger partial charge in [-0.25, -0.2) is 9.98 Å². The molecule has 2 aromatic heterocycles. The fourth-order valence-corrected chi connectivity index (χ4v) is 7.36. The molecule has 5 heteroatoms. The molecule has 0 spiro atoms. The van der Waals surface area contributed by atoms with Gasteiger partial charge in [-0.15, -0.1) is 0 Å². The number of fused-ring (bicyclic) bond motifs is 6. The van der Waals surface area contributed by atoms with Gasteiger partial charge in [-0.3, -0.25) is 0 Å². The summed E-state index contributed by atoms with van der Waals surface area (Å²) in [5.74, 6) is 1.41. The number of furan rings is 1. The second-order valence-corrected chi connectivity index (χ2v) is 12.6. The highest BCUT2D eigenvalue weighted by molar-refractivity contribution is 6.20. The quantitative estimate of drug-likeness (QED) is 0.203. The molecule has 1 atom stereocenters. The molecule has 0 amide bonds. The van der Waals surface area contributed by atoms with E-state index in [9.17, 15) is 0 Å². The van der Waals surface area contributed by atoms with Gasteiger partial charge in [-0.05, 0) is 35.4 Å². The van der Waals surface area contributed by atoms with Crippen LogP contribution in [0.25, 0.3) is 60.6 Å². The van der Waals surface area contributed by atoms with E-state index < -0.39 is 0 Å². The second kappa shape index (κ2) is 11.5. The molecular weight excluding hydrogens is 613 g/mol. The number of aromatic nitrogens is 1. The third-order valence-electron chi connectivity index (χ3n) is 9.67. The van der Waals surface area contributed by atoms with Gasteiger partial charge in [0.25, 0.3) is 0 Å². The van der Waals surface area contributed by atoms with Gasteiger partial charge in [0.2, 0.25) is 0 Å². The van der Waals surface area contributed by atoms with Crippen LogP contribution >= 0.6 is 0 Å². The monoisotopic (exact) mass is 642 g/mol. The molecule has 1 aliphatic heterocycles. The fourth-order valence-electron chi connectivity index (χ4n) is 7.36. The number of amidine groups is 2. The third-order valence-corrected chi connectivity index (χ3v) is 9.67. The Morgan fingerprint density at radius 3 is 2.00 bits per heavy atom. The van der Waals surface area contributed by atoms with Crippen LogP contribution in [-0.2, 0) is 0 Å². The summed E-state index contributed by atoms with van der Waals surface area (Å²) in [5.41, 5.74) is 10.3. The molecule has 236 valence electrons. The maximum absolute atomic E-state index is 6.81. The normalized spacial score (nSPS) is 14.6. The Bertz CT molecular complexity index is 2780. The van der Waals surface area contributed by atoms with E-state index in [0.29, 0.717) is 5.84 Å². The van der Waals surface area contributed by atoms with Crippen LogP contribution in [0.2, 0.25) is 0 Å². The predicted octanol–water partition coefficient (Wildman–Crippen LogP) is 10.8. The van der Waals surface area contributed by atoms with Crippen LogP contribution in [0.5, 0.6) is 0 Å². The van der Waals surface area contributed by atoms with E-state index in [-0.39, 0.29) is 6.17 Å². The first kappa shape index (κ1) is 28.3. The van der Waals surface area contributed by atoms with Gasteiger partial charge in [0, 0.05) is 44.4 Å². The Kier molecular flexibility index (Phi) is 6.49. The van der Waals surface area contributed by atoms with Crippen molar-refractivity contribution in [1.29, 1.82) is 0 Å². The fraction of sp³-hybridized carbons (Fsp3) is 0.0222. The van der Waals surface area contributed by atoms with Gasteiger partial charge in [0.05, 0.1) is 16.6 Å². The molecule has 10 rings (SSSR count). The minimum atomic E-state index is -0.292. The minimum Gasteiger partial charge on any atom is -0.455 e. The van der Waals surface area contributed by atoms with E-state index in [2.05, 4.69) is 143 Å². The molecule has 0 radical (unpaired) electrons. The molecule has 1 N–H and O–H groups in total. The first-order valence-electron chi connectivity index (χ1n) is 16.9. The number of rotatable bonds is 5.